The molecule has 2 aromatic rings. The van der Waals surface area contributed by atoms with Gasteiger partial charge in [-0.05, 0) is 18.2 Å². The first-order valence-corrected chi connectivity index (χ1v) is 4.92. The molecule has 17 heavy (non-hydrogen) atoms. The summed E-state index contributed by atoms with van der Waals surface area (Å²) in [6.07, 6.45) is 1.56. The number of aromatic nitrogens is 2. The third-order valence-corrected chi connectivity index (χ3v) is 2.32. The molecule has 0 bridgehead atoms. The van der Waals surface area contributed by atoms with Crippen LogP contribution < -0.4 is 11.1 Å². The maximum Gasteiger partial charge on any atom is 0.258 e. The predicted octanol–water partition coefficient (Wildman–Crippen LogP) is 1.39. The van der Waals surface area contributed by atoms with Gasteiger partial charge >= 0.3 is 0 Å². The van der Waals surface area contributed by atoms with Gasteiger partial charge in [-0.1, -0.05) is 0 Å². The minimum Gasteiger partial charge on any atom is -0.398 e. The second-order valence-corrected chi connectivity index (χ2v) is 3.53. The molecule has 1 heterocycles. The van der Waals surface area contributed by atoms with E-state index in [0.29, 0.717) is 5.82 Å². The van der Waals surface area contributed by atoms with Gasteiger partial charge in [0.25, 0.3) is 5.91 Å². The number of nitrogens with two attached hydrogens (primary N) is 1. The first kappa shape index (κ1) is 11.1. The molecule has 0 fully saturated rings. The van der Waals surface area contributed by atoms with E-state index in [9.17, 15) is 9.18 Å². The molecule has 0 radical (unpaired) electrons. The van der Waals surface area contributed by atoms with Gasteiger partial charge in [0.1, 0.15) is 11.6 Å². The molecule has 5 nitrogen and oxygen atoms in total. The number of rotatable bonds is 2. The number of benzene rings is 1. The molecule has 6 heteroatoms. The van der Waals surface area contributed by atoms with Gasteiger partial charge < -0.3 is 11.1 Å². The fourth-order valence-corrected chi connectivity index (χ4v) is 1.42. The normalized spacial score (nSPS) is 10.2. The Balaban J connectivity index is 2.23. The minimum atomic E-state index is -0.473. The second-order valence-electron chi connectivity index (χ2n) is 3.53. The monoisotopic (exact) mass is 234 g/mol. The molecule has 0 aliphatic heterocycles. The number of hydrogen-bond donors (Lipinski definition) is 2. The van der Waals surface area contributed by atoms with Crippen LogP contribution in [-0.4, -0.2) is 15.7 Å². The summed E-state index contributed by atoms with van der Waals surface area (Å²) in [6, 6.07) is 5.29. The largest absolute Gasteiger partial charge is 0.398 e. The highest BCUT2D eigenvalue weighted by Crippen LogP contribution is 2.15. The number of halogens is 1. The van der Waals surface area contributed by atoms with E-state index in [2.05, 4.69) is 10.4 Å². The Bertz CT molecular complexity index is 564. The van der Waals surface area contributed by atoms with Crippen molar-refractivity contribution >= 4 is 17.4 Å². The van der Waals surface area contributed by atoms with Crippen molar-refractivity contribution in [1.29, 1.82) is 0 Å². The van der Waals surface area contributed by atoms with E-state index in [1.807, 2.05) is 0 Å². The number of nitrogens with one attached hydrogen (secondary N) is 1. The molecule has 2 rings (SSSR count). The second kappa shape index (κ2) is 4.25. The number of nitrogens with zero attached hydrogens (tertiary/aromatic N) is 2. The highest BCUT2D eigenvalue weighted by Gasteiger charge is 2.11. The quantitative estimate of drug-likeness (QED) is 0.771. The zero-order valence-electron chi connectivity index (χ0n) is 9.14. The predicted molar refractivity (Wildman–Crippen MR) is 62.0 cm³/mol. The fraction of sp³-hybridized carbons (Fsp3) is 0.0909. The van der Waals surface area contributed by atoms with Gasteiger partial charge in [-0.3, -0.25) is 9.48 Å². The minimum absolute atomic E-state index is 0.102. The van der Waals surface area contributed by atoms with Crippen LogP contribution in [0.3, 0.4) is 0 Å². The highest BCUT2D eigenvalue weighted by molar-refractivity contribution is 6.07. The van der Waals surface area contributed by atoms with Crippen molar-refractivity contribution in [2.75, 3.05) is 11.1 Å². The van der Waals surface area contributed by atoms with E-state index < -0.39 is 11.7 Å². The lowest BCUT2D eigenvalue weighted by atomic mass is 10.1. The van der Waals surface area contributed by atoms with Crippen molar-refractivity contribution in [1.82, 2.24) is 9.78 Å². The Morgan fingerprint density at radius 2 is 2.24 bits per heavy atom. The van der Waals surface area contributed by atoms with Gasteiger partial charge in [0.15, 0.2) is 0 Å². The Morgan fingerprint density at radius 1 is 1.47 bits per heavy atom. The number of anilines is 2. The Hall–Kier alpha value is -2.37. The van der Waals surface area contributed by atoms with Crippen molar-refractivity contribution in [3.8, 4) is 0 Å². The molecule has 0 saturated heterocycles. The molecule has 0 aliphatic rings. The van der Waals surface area contributed by atoms with Crippen molar-refractivity contribution in [2.24, 2.45) is 7.05 Å². The molecule has 0 aliphatic carbocycles. The number of nitrogen functional groups attached to an aromatic ring is 1. The maximum absolute atomic E-state index is 12.8. The number of aryl methyl sites for hydroxylation is 1. The van der Waals surface area contributed by atoms with Crippen LogP contribution in [0.4, 0.5) is 15.9 Å². The van der Waals surface area contributed by atoms with Gasteiger partial charge in [-0.25, -0.2) is 4.39 Å². The molecule has 0 spiro atoms. The first-order chi connectivity index (χ1) is 8.08. The van der Waals surface area contributed by atoms with Crippen LogP contribution in [0.1, 0.15) is 10.4 Å². The molecular weight excluding hydrogens is 223 g/mol. The van der Waals surface area contributed by atoms with Gasteiger partial charge in [0.05, 0.1) is 11.8 Å². The van der Waals surface area contributed by atoms with E-state index in [4.69, 9.17) is 5.73 Å². The SMILES string of the molecule is Cn1nccc1NC(=O)c1ccc(F)cc1N. The van der Waals surface area contributed by atoms with E-state index >= 15 is 0 Å². The smallest absolute Gasteiger partial charge is 0.258 e. The average Bonchev–Trinajstić information content (AvgIpc) is 2.64. The molecule has 1 aromatic carbocycles. The third kappa shape index (κ3) is 2.25. The Morgan fingerprint density at radius 3 is 2.82 bits per heavy atom. The fourth-order valence-electron chi connectivity index (χ4n) is 1.42. The average molecular weight is 234 g/mol. The van der Waals surface area contributed by atoms with Crippen LogP contribution in [0, 0.1) is 5.82 Å². The molecule has 1 aromatic heterocycles. The van der Waals surface area contributed by atoms with Crippen molar-refractivity contribution in [2.45, 2.75) is 0 Å². The van der Waals surface area contributed by atoms with Crippen LogP contribution in [0.5, 0.6) is 0 Å². The number of carbonyl (C=O) groups excluding carboxylic acids is 1. The number of amides is 1. The molecule has 88 valence electrons. The summed E-state index contributed by atoms with van der Waals surface area (Å²) >= 11 is 0. The van der Waals surface area contributed by atoms with E-state index in [1.54, 1.807) is 19.3 Å². The number of hydrogen-bond acceptors (Lipinski definition) is 3. The zero-order valence-corrected chi connectivity index (χ0v) is 9.14. The molecular formula is C11H11FN4O. The van der Waals surface area contributed by atoms with Crippen LogP contribution in [0.2, 0.25) is 0 Å². The topological polar surface area (TPSA) is 72.9 Å². The summed E-state index contributed by atoms with van der Waals surface area (Å²) in [5.74, 6) is -0.329. The Kier molecular flexibility index (Phi) is 2.78. The third-order valence-electron chi connectivity index (χ3n) is 2.32. The van der Waals surface area contributed by atoms with Crippen LogP contribution >= 0.6 is 0 Å². The lowest BCUT2D eigenvalue weighted by Gasteiger charge is -2.07. The van der Waals surface area contributed by atoms with Crippen LogP contribution in [0.15, 0.2) is 30.5 Å². The van der Waals surface area contributed by atoms with E-state index in [1.165, 1.54) is 16.8 Å². The first-order valence-electron chi connectivity index (χ1n) is 4.92. The summed E-state index contributed by atoms with van der Waals surface area (Å²) in [7, 11) is 1.70. The van der Waals surface area contributed by atoms with Crippen LogP contribution in [0.25, 0.3) is 0 Å². The zero-order chi connectivity index (χ0) is 12.4. The lowest BCUT2D eigenvalue weighted by molar-refractivity contribution is 0.102. The van der Waals surface area contributed by atoms with Crippen molar-refractivity contribution in [3.05, 3.63) is 41.8 Å². The van der Waals surface area contributed by atoms with Gasteiger partial charge in [-0.15, -0.1) is 0 Å². The van der Waals surface area contributed by atoms with Gasteiger partial charge in [0, 0.05) is 18.8 Å². The summed E-state index contributed by atoms with van der Waals surface area (Å²) in [6.45, 7) is 0. The molecule has 0 unspecified atom stereocenters. The molecule has 3 N–H and O–H groups in total. The molecule has 0 atom stereocenters. The molecule has 0 saturated carbocycles. The number of carbonyl (C=O) groups is 1. The van der Waals surface area contributed by atoms with Crippen molar-refractivity contribution < 1.29 is 9.18 Å². The summed E-state index contributed by atoms with van der Waals surface area (Å²) in [5, 5.41) is 6.54. The van der Waals surface area contributed by atoms with E-state index in [0.717, 1.165) is 6.07 Å². The van der Waals surface area contributed by atoms with Crippen LogP contribution in [-0.2, 0) is 7.05 Å². The summed E-state index contributed by atoms with van der Waals surface area (Å²) < 4.78 is 14.3. The highest BCUT2D eigenvalue weighted by atomic mass is 19.1. The van der Waals surface area contributed by atoms with Gasteiger partial charge in [-0.2, -0.15) is 5.10 Å². The maximum atomic E-state index is 12.8. The Labute approximate surface area is 97.0 Å². The van der Waals surface area contributed by atoms with E-state index in [-0.39, 0.29) is 11.3 Å². The van der Waals surface area contributed by atoms with Crippen molar-refractivity contribution in [3.63, 3.8) is 0 Å². The standard InChI is InChI=1S/C11H11FN4O/c1-16-10(4-5-14-16)15-11(17)8-3-2-7(12)6-9(8)13/h2-6H,13H2,1H3,(H,15,17). The summed E-state index contributed by atoms with van der Waals surface area (Å²) in [4.78, 5) is 11.8. The summed E-state index contributed by atoms with van der Waals surface area (Å²) in [5.41, 5.74) is 5.90. The van der Waals surface area contributed by atoms with Gasteiger partial charge in [0.2, 0.25) is 0 Å². The molecule has 1 amide bonds. The lowest BCUT2D eigenvalue weighted by Crippen LogP contribution is -2.16.